The highest BCUT2D eigenvalue weighted by atomic mass is 19.4. The third-order valence-electron chi connectivity index (χ3n) is 2.69. The third-order valence-corrected chi connectivity index (χ3v) is 2.69. The summed E-state index contributed by atoms with van der Waals surface area (Å²) >= 11 is 0. The zero-order valence-corrected chi connectivity index (χ0v) is 9.02. The van der Waals surface area contributed by atoms with Gasteiger partial charge in [0.2, 0.25) is 0 Å². The highest BCUT2D eigenvalue weighted by Crippen LogP contribution is 2.22. The quantitative estimate of drug-likeness (QED) is 0.728. The molecule has 1 unspecified atom stereocenters. The minimum Gasteiger partial charge on any atom is -0.368 e. The van der Waals surface area contributed by atoms with Gasteiger partial charge in [-0.15, -0.1) is 0 Å². The lowest BCUT2D eigenvalue weighted by Crippen LogP contribution is -2.35. The van der Waals surface area contributed by atoms with Gasteiger partial charge in [0.15, 0.2) is 6.10 Å². The Hall–Kier alpha value is -0.290. The zero-order valence-electron chi connectivity index (χ0n) is 9.02. The summed E-state index contributed by atoms with van der Waals surface area (Å²) < 4.78 is 41.0. The molecule has 0 bridgehead atoms. The molecule has 0 aromatic rings. The van der Waals surface area contributed by atoms with E-state index in [1.54, 1.807) is 0 Å². The predicted octanol–water partition coefficient (Wildman–Crippen LogP) is 2.44. The first-order chi connectivity index (χ1) is 7.00. The number of rotatable bonds is 4. The number of hydrogen-bond donors (Lipinski definition) is 0. The van der Waals surface area contributed by atoms with Crippen molar-refractivity contribution in [3.05, 3.63) is 0 Å². The summed E-state index contributed by atoms with van der Waals surface area (Å²) in [5, 5.41) is 0. The van der Waals surface area contributed by atoms with Crippen LogP contribution in [0.3, 0.4) is 0 Å². The van der Waals surface area contributed by atoms with Crippen molar-refractivity contribution in [2.45, 2.75) is 38.5 Å². The minimum atomic E-state index is -4.23. The first-order valence-corrected chi connectivity index (χ1v) is 5.41. The summed E-state index contributed by atoms with van der Waals surface area (Å²) in [6, 6.07) is 0. The van der Waals surface area contributed by atoms with Crippen molar-refractivity contribution in [1.82, 2.24) is 4.90 Å². The highest BCUT2D eigenvalue weighted by molar-refractivity contribution is 4.65. The fourth-order valence-corrected chi connectivity index (χ4v) is 1.64. The Morgan fingerprint density at radius 3 is 2.33 bits per heavy atom. The summed E-state index contributed by atoms with van der Waals surface area (Å²) in [5.41, 5.74) is 0. The van der Waals surface area contributed by atoms with Gasteiger partial charge >= 0.3 is 6.18 Å². The van der Waals surface area contributed by atoms with Crippen LogP contribution in [0.2, 0.25) is 0 Å². The fraction of sp³-hybridized carbons (Fsp3) is 1.00. The maximum atomic E-state index is 12.1. The molecule has 0 spiro atoms. The maximum absolute atomic E-state index is 12.1. The van der Waals surface area contributed by atoms with Gasteiger partial charge < -0.3 is 9.64 Å². The molecule has 0 saturated carbocycles. The van der Waals surface area contributed by atoms with Crippen LogP contribution in [0.15, 0.2) is 0 Å². The largest absolute Gasteiger partial charge is 0.414 e. The number of piperidine rings is 1. The zero-order chi connectivity index (χ0) is 11.3. The van der Waals surface area contributed by atoms with E-state index in [2.05, 4.69) is 4.90 Å². The SMILES string of the molecule is CC(OCCN1CCCCC1)C(F)(F)F. The van der Waals surface area contributed by atoms with Crippen molar-refractivity contribution in [2.75, 3.05) is 26.2 Å². The first-order valence-electron chi connectivity index (χ1n) is 5.41. The lowest BCUT2D eigenvalue weighted by Gasteiger charge is -2.27. The molecule has 0 radical (unpaired) electrons. The van der Waals surface area contributed by atoms with Gasteiger partial charge in [0.1, 0.15) is 0 Å². The summed E-state index contributed by atoms with van der Waals surface area (Å²) in [4.78, 5) is 2.16. The van der Waals surface area contributed by atoms with Gasteiger partial charge in [-0.25, -0.2) is 0 Å². The lowest BCUT2D eigenvalue weighted by atomic mass is 10.1. The molecule has 90 valence electrons. The number of ether oxygens (including phenoxy) is 1. The van der Waals surface area contributed by atoms with Gasteiger partial charge in [0, 0.05) is 6.54 Å². The molecule has 0 N–H and O–H groups in total. The van der Waals surface area contributed by atoms with Crippen molar-refractivity contribution >= 4 is 0 Å². The van der Waals surface area contributed by atoms with E-state index in [-0.39, 0.29) is 6.61 Å². The van der Waals surface area contributed by atoms with E-state index in [1.807, 2.05) is 0 Å². The van der Waals surface area contributed by atoms with Gasteiger partial charge in [-0.05, 0) is 32.9 Å². The van der Waals surface area contributed by atoms with Crippen LogP contribution in [-0.2, 0) is 4.74 Å². The van der Waals surface area contributed by atoms with Gasteiger partial charge in [-0.3, -0.25) is 0 Å². The van der Waals surface area contributed by atoms with E-state index in [1.165, 1.54) is 6.42 Å². The molecule has 0 aliphatic carbocycles. The van der Waals surface area contributed by atoms with Crippen LogP contribution in [-0.4, -0.2) is 43.4 Å². The van der Waals surface area contributed by atoms with Crippen molar-refractivity contribution in [1.29, 1.82) is 0 Å². The highest BCUT2D eigenvalue weighted by Gasteiger charge is 2.36. The van der Waals surface area contributed by atoms with Gasteiger partial charge in [-0.1, -0.05) is 6.42 Å². The fourth-order valence-electron chi connectivity index (χ4n) is 1.64. The van der Waals surface area contributed by atoms with Crippen molar-refractivity contribution in [2.24, 2.45) is 0 Å². The molecular formula is C10H18F3NO. The van der Waals surface area contributed by atoms with Crippen LogP contribution in [0.25, 0.3) is 0 Å². The Balaban J connectivity index is 2.10. The monoisotopic (exact) mass is 225 g/mol. The molecule has 15 heavy (non-hydrogen) atoms. The first kappa shape index (κ1) is 12.8. The number of alkyl halides is 3. The average molecular weight is 225 g/mol. The van der Waals surface area contributed by atoms with E-state index < -0.39 is 12.3 Å². The number of hydrogen-bond acceptors (Lipinski definition) is 2. The van der Waals surface area contributed by atoms with Crippen molar-refractivity contribution in [3.8, 4) is 0 Å². The van der Waals surface area contributed by atoms with E-state index >= 15 is 0 Å². The molecule has 1 atom stereocenters. The van der Waals surface area contributed by atoms with Crippen LogP contribution in [0.5, 0.6) is 0 Å². The third kappa shape index (κ3) is 4.84. The standard InChI is InChI=1S/C10H18F3NO/c1-9(10(11,12)13)15-8-7-14-5-3-2-4-6-14/h9H,2-8H2,1H3. The number of halogens is 3. The molecule has 0 aromatic carbocycles. The van der Waals surface area contributed by atoms with Crippen molar-refractivity contribution < 1.29 is 17.9 Å². The molecule has 0 amide bonds. The van der Waals surface area contributed by atoms with Crippen molar-refractivity contribution in [3.63, 3.8) is 0 Å². The predicted molar refractivity (Wildman–Crippen MR) is 51.8 cm³/mol. The van der Waals surface area contributed by atoms with E-state index in [9.17, 15) is 13.2 Å². The number of likely N-dealkylation sites (tertiary alicyclic amines) is 1. The van der Waals surface area contributed by atoms with E-state index in [0.29, 0.717) is 6.54 Å². The smallest absolute Gasteiger partial charge is 0.368 e. The Kier molecular flexibility index (Phi) is 4.86. The van der Waals surface area contributed by atoms with Crippen LogP contribution in [0, 0.1) is 0 Å². The Morgan fingerprint density at radius 2 is 1.80 bits per heavy atom. The van der Waals surface area contributed by atoms with E-state index in [4.69, 9.17) is 4.74 Å². The van der Waals surface area contributed by atoms with Crippen LogP contribution in [0.1, 0.15) is 26.2 Å². The topological polar surface area (TPSA) is 12.5 Å². The normalized spacial score (nSPS) is 21.6. The minimum absolute atomic E-state index is 0.167. The van der Waals surface area contributed by atoms with Gasteiger partial charge in [-0.2, -0.15) is 13.2 Å². The lowest BCUT2D eigenvalue weighted by molar-refractivity contribution is -0.214. The molecule has 1 aliphatic rings. The molecule has 1 aliphatic heterocycles. The molecule has 1 rings (SSSR count). The molecule has 0 aromatic heterocycles. The molecule has 1 saturated heterocycles. The van der Waals surface area contributed by atoms with E-state index in [0.717, 1.165) is 32.9 Å². The summed E-state index contributed by atoms with van der Waals surface area (Å²) in [5.74, 6) is 0. The summed E-state index contributed by atoms with van der Waals surface area (Å²) in [6.07, 6.45) is -2.36. The van der Waals surface area contributed by atoms with Crippen LogP contribution >= 0.6 is 0 Å². The molecule has 1 heterocycles. The molecular weight excluding hydrogens is 207 g/mol. The maximum Gasteiger partial charge on any atom is 0.414 e. The van der Waals surface area contributed by atoms with Crippen LogP contribution in [0.4, 0.5) is 13.2 Å². The second-order valence-corrected chi connectivity index (χ2v) is 3.96. The summed E-state index contributed by atoms with van der Waals surface area (Å²) in [7, 11) is 0. The van der Waals surface area contributed by atoms with Crippen LogP contribution < -0.4 is 0 Å². The molecule has 5 heteroatoms. The Labute approximate surface area is 88.4 Å². The second-order valence-electron chi connectivity index (χ2n) is 3.96. The Morgan fingerprint density at radius 1 is 1.20 bits per heavy atom. The molecule has 1 fully saturated rings. The van der Waals surface area contributed by atoms with Gasteiger partial charge in [0.05, 0.1) is 6.61 Å². The summed E-state index contributed by atoms with van der Waals surface area (Å²) in [6.45, 7) is 3.81. The second kappa shape index (κ2) is 5.70. The number of nitrogens with zero attached hydrogens (tertiary/aromatic N) is 1. The molecule has 2 nitrogen and oxygen atoms in total. The Bertz CT molecular complexity index is 178. The average Bonchev–Trinajstić information content (AvgIpc) is 2.18. The van der Waals surface area contributed by atoms with Gasteiger partial charge in [0.25, 0.3) is 0 Å².